The summed E-state index contributed by atoms with van der Waals surface area (Å²) in [4.78, 5) is 15.8. The average Bonchev–Trinajstić information content (AvgIpc) is 2.71. The number of halogens is 2. The van der Waals surface area contributed by atoms with E-state index in [1.54, 1.807) is 12.3 Å². The summed E-state index contributed by atoms with van der Waals surface area (Å²) in [5.41, 5.74) is 2.90. The Labute approximate surface area is 175 Å². The summed E-state index contributed by atoms with van der Waals surface area (Å²) in [7, 11) is 0. The molecule has 0 saturated carbocycles. The summed E-state index contributed by atoms with van der Waals surface area (Å²) in [5, 5.41) is 3.27. The van der Waals surface area contributed by atoms with Gasteiger partial charge in [0.1, 0.15) is 17.5 Å². The lowest BCUT2D eigenvalue weighted by atomic mass is 9.94. The molecule has 156 valence electrons. The van der Waals surface area contributed by atoms with Gasteiger partial charge in [-0.15, -0.1) is 0 Å². The van der Waals surface area contributed by atoms with Crippen LogP contribution in [0.2, 0.25) is 0 Å². The lowest BCUT2D eigenvalue weighted by Gasteiger charge is -2.32. The van der Waals surface area contributed by atoms with Gasteiger partial charge in [-0.25, -0.2) is 23.7 Å². The minimum absolute atomic E-state index is 0.261. The van der Waals surface area contributed by atoms with Crippen molar-refractivity contribution in [2.75, 3.05) is 18.4 Å². The van der Waals surface area contributed by atoms with Crippen LogP contribution in [0.5, 0.6) is 0 Å². The zero-order valence-electron chi connectivity index (χ0n) is 17.2. The maximum Gasteiger partial charge on any atom is 0.159 e. The number of nitrogens with zero attached hydrogens (tertiary/aromatic N) is 4. The van der Waals surface area contributed by atoms with Gasteiger partial charge in [-0.3, -0.25) is 4.90 Å². The second-order valence-electron chi connectivity index (χ2n) is 7.89. The molecule has 1 aliphatic rings. The standard InChI is InChI=1S/C23H25F2N5/c1-15-7-8-26-22(10-15)29-23-12-21(27-16(2)28-23)18-4-3-9-30(14-18)13-17-5-6-19(24)20(25)11-17/h5-8,10-12,18H,3-4,9,13-14H2,1-2H3,(H,26,27,28,29). The second kappa shape index (κ2) is 8.83. The number of hydrogen-bond acceptors (Lipinski definition) is 5. The van der Waals surface area contributed by atoms with E-state index in [9.17, 15) is 8.78 Å². The molecule has 4 rings (SSSR count). The van der Waals surface area contributed by atoms with Crippen molar-refractivity contribution >= 4 is 11.6 Å². The quantitative estimate of drug-likeness (QED) is 0.650. The average molecular weight is 409 g/mol. The van der Waals surface area contributed by atoms with Gasteiger partial charge < -0.3 is 5.32 Å². The van der Waals surface area contributed by atoms with E-state index in [2.05, 4.69) is 25.2 Å². The Morgan fingerprint density at radius 2 is 1.90 bits per heavy atom. The van der Waals surface area contributed by atoms with Crippen molar-refractivity contribution in [3.05, 3.63) is 76.9 Å². The number of hydrogen-bond donors (Lipinski definition) is 1. The Morgan fingerprint density at radius 1 is 1.03 bits per heavy atom. The van der Waals surface area contributed by atoms with Gasteiger partial charge in [0.15, 0.2) is 11.6 Å². The molecule has 3 heterocycles. The van der Waals surface area contributed by atoms with Crippen LogP contribution in [-0.4, -0.2) is 32.9 Å². The lowest BCUT2D eigenvalue weighted by Crippen LogP contribution is -2.34. The van der Waals surface area contributed by atoms with Crippen LogP contribution >= 0.6 is 0 Å². The van der Waals surface area contributed by atoms with Gasteiger partial charge in [-0.2, -0.15) is 0 Å². The summed E-state index contributed by atoms with van der Waals surface area (Å²) in [6, 6.07) is 10.0. The van der Waals surface area contributed by atoms with E-state index in [-0.39, 0.29) is 5.92 Å². The molecular weight excluding hydrogens is 384 g/mol. The lowest BCUT2D eigenvalue weighted by molar-refractivity contribution is 0.198. The summed E-state index contributed by atoms with van der Waals surface area (Å²) >= 11 is 0. The second-order valence-corrected chi connectivity index (χ2v) is 7.89. The van der Waals surface area contributed by atoms with Gasteiger partial charge in [0, 0.05) is 31.3 Å². The number of likely N-dealkylation sites (tertiary alicyclic amines) is 1. The van der Waals surface area contributed by atoms with E-state index >= 15 is 0 Å². The highest BCUT2D eigenvalue weighted by Crippen LogP contribution is 2.28. The van der Waals surface area contributed by atoms with Crippen LogP contribution in [0, 0.1) is 25.5 Å². The van der Waals surface area contributed by atoms with Crippen molar-refractivity contribution in [1.29, 1.82) is 0 Å². The number of piperidine rings is 1. The van der Waals surface area contributed by atoms with Gasteiger partial charge in [-0.05, 0) is 68.6 Å². The molecule has 2 aromatic heterocycles. The number of aromatic nitrogens is 3. The van der Waals surface area contributed by atoms with E-state index < -0.39 is 11.6 Å². The normalized spacial score (nSPS) is 17.1. The number of rotatable bonds is 5. The van der Waals surface area contributed by atoms with Gasteiger partial charge in [0.25, 0.3) is 0 Å². The number of benzene rings is 1. The molecule has 1 unspecified atom stereocenters. The summed E-state index contributed by atoms with van der Waals surface area (Å²) < 4.78 is 26.7. The molecule has 0 bridgehead atoms. The Morgan fingerprint density at radius 3 is 2.70 bits per heavy atom. The van der Waals surface area contributed by atoms with E-state index in [1.807, 2.05) is 32.0 Å². The summed E-state index contributed by atoms with van der Waals surface area (Å²) in [5.74, 6) is 0.843. The topological polar surface area (TPSA) is 53.9 Å². The molecule has 5 nitrogen and oxygen atoms in total. The molecule has 0 radical (unpaired) electrons. The van der Waals surface area contributed by atoms with Gasteiger partial charge in [0.05, 0.1) is 5.69 Å². The minimum Gasteiger partial charge on any atom is -0.325 e. The maximum absolute atomic E-state index is 13.5. The van der Waals surface area contributed by atoms with E-state index in [0.717, 1.165) is 54.4 Å². The Bertz CT molecular complexity index is 1040. The van der Waals surface area contributed by atoms with Crippen molar-refractivity contribution in [3.63, 3.8) is 0 Å². The van der Waals surface area contributed by atoms with Crippen molar-refractivity contribution in [1.82, 2.24) is 19.9 Å². The molecule has 0 amide bonds. The highest BCUT2D eigenvalue weighted by Gasteiger charge is 2.23. The molecule has 7 heteroatoms. The van der Waals surface area contributed by atoms with E-state index in [4.69, 9.17) is 0 Å². The highest BCUT2D eigenvalue weighted by molar-refractivity contribution is 5.52. The fourth-order valence-electron chi connectivity index (χ4n) is 3.94. The van der Waals surface area contributed by atoms with Crippen LogP contribution in [0.25, 0.3) is 0 Å². The molecule has 1 N–H and O–H groups in total. The van der Waals surface area contributed by atoms with Crippen LogP contribution in [0.15, 0.2) is 42.6 Å². The fourth-order valence-corrected chi connectivity index (χ4v) is 3.94. The van der Waals surface area contributed by atoms with Gasteiger partial charge in [-0.1, -0.05) is 6.07 Å². The molecule has 30 heavy (non-hydrogen) atoms. The number of aryl methyl sites for hydroxylation is 2. The van der Waals surface area contributed by atoms with Gasteiger partial charge in [0.2, 0.25) is 0 Å². The first-order valence-corrected chi connectivity index (χ1v) is 10.2. The van der Waals surface area contributed by atoms with Crippen LogP contribution in [0.4, 0.5) is 20.4 Å². The summed E-state index contributed by atoms with van der Waals surface area (Å²) in [6.07, 6.45) is 3.83. The molecular formula is C23H25F2N5. The number of nitrogens with one attached hydrogen (secondary N) is 1. The third-order valence-corrected chi connectivity index (χ3v) is 5.34. The zero-order chi connectivity index (χ0) is 21.1. The van der Waals surface area contributed by atoms with Crippen molar-refractivity contribution in [2.24, 2.45) is 0 Å². The Balaban J connectivity index is 1.48. The largest absolute Gasteiger partial charge is 0.325 e. The van der Waals surface area contributed by atoms with Crippen LogP contribution in [-0.2, 0) is 6.54 Å². The van der Waals surface area contributed by atoms with Crippen LogP contribution in [0.1, 0.15) is 41.4 Å². The highest BCUT2D eigenvalue weighted by atomic mass is 19.2. The molecule has 0 aliphatic carbocycles. The summed E-state index contributed by atoms with van der Waals surface area (Å²) in [6.45, 7) is 6.25. The van der Waals surface area contributed by atoms with Crippen molar-refractivity contribution in [2.45, 2.75) is 39.2 Å². The monoisotopic (exact) mass is 409 g/mol. The number of pyridine rings is 1. The number of anilines is 2. The third-order valence-electron chi connectivity index (χ3n) is 5.34. The maximum atomic E-state index is 13.5. The molecule has 1 atom stereocenters. The predicted octanol–water partition coefficient (Wildman–Crippen LogP) is 4.89. The van der Waals surface area contributed by atoms with Crippen molar-refractivity contribution in [3.8, 4) is 0 Å². The van der Waals surface area contributed by atoms with E-state index in [0.29, 0.717) is 12.4 Å². The first-order chi connectivity index (χ1) is 14.5. The molecule has 1 aromatic carbocycles. The first-order valence-electron chi connectivity index (χ1n) is 10.2. The van der Waals surface area contributed by atoms with Crippen LogP contribution in [0.3, 0.4) is 0 Å². The Kier molecular flexibility index (Phi) is 5.99. The first kappa shape index (κ1) is 20.3. The van der Waals surface area contributed by atoms with Crippen LogP contribution < -0.4 is 5.32 Å². The SMILES string of the molecule is Cc1ccnc(Nc2cc(C3CCCN(Cc4ccc(F)c(F)c4)C3)nc(C)n2)c1. The van der Waals surface area contributed by atoms with Gasteiger partial charge >= 0.3 is 0 Å². The smallest absolute Gasteiger partial charge is 0.159 e. The predicted molar refractivity (Wildman–Crippen MR) is 113 cm³/mol. The third kappa shape index (κ3) is 4.97. The molecule has 0 spiro atoms. The molecule has 1 fully saturated rings. The Hall–Kier alpha value is -2.93. The fraction of sp³-hybridized carbons (Fsp3) is 0.348. The minimum atomic E-state index is -0.810. The molecule has 1 aliphatic heterocycles. The molecule has 1 saturated heterocycles. The zero-order valence-corrected chi connectivity index (χ0v) is 17.2. The van der Waals surface area contributed by atoms with E-state index in [1.165, 1.54) is 12.1 Å². The molecule has 3 aromatic rings. The van der Waals surface area contributed by atoms with Crippen molar-refractivity contribution < 1.29 is 8.78 Å².